The first-order chi connectivity index (χ1) is 6.02. The van der Waals surface area contributed by atoms with E-state index in [1.54, 1.807) is 0 Å². The Balaban J connectivity index is 4.04. The highest BCUT2D eigenvalue weighted by atomic mass is 79.9. The van der Waals surface area contributed by atoms with Crippen molar-refractivity contribution in [2.24, 2.45) is 0 Å². The fourth-order valence-electron chi connectivity index (χ4n) is 1.29. The average molecular weight is 271 g/mol. The van der Waals surface area contributed by atoms with Crippen LogP contribution in [0.4, 0.5) is 0 Å². The summed E-state index contributed by atoms with van der Waals surface area (Å²) < 4.78 is 22.5. The quantitative estimate of drug-likeness (QED) is 0.664. The van der Waals surface area contributed by atoms with Crippen LogP contribution in [0.2, 0.25) is 0 Å². The van der Waals surface area contributed by atoms with E-state index in [9.17, 15) is 8.42 Å². The van der Waals surface area contributed by atoms with E-state index in [4.69, 9.17) is 0 Å². The maximum Gasteiger partial charge on any atom is 0.212 e. The number of hydrogen-bond donors (Lipinski definition) is 0. The van der Waals surface area contributed by atoms with Gasteiger partial charge in [-0.15, -0.1) is 0 Å². The van der Waals surface area contributed by atoms with Gasteiger partial charge in [-0.2, -0.15) is 0 Å². The maximum atomic E-state index is 11.3. The summed E-state index contributed by atoms with van der Waals surface area (Å²) in [4.78, 5) is 0. The predicted molar refractivity (Wildman–Crippen MR) is 60.7 cm³/mol. The Morgan fingerprint density at radius 3 is 1.69 bits per heavy atom. The average Bonchev–Trinajstić information content (AvgIpc) is 2.02. The van der Waals surface area contributed by atoms with Gasteiger partial charge in [0.15, 0.2) is 0 Å². The minimum atomic E-state index is -3.00. The van der Waals surface area contributed by atoms with Gasteiger partial charge in [0.05, 0.1) is 20.1 Å². The van der Waals surface area contributed by atoms with Crippen LogP contribution in [0.15, 0.2) is 0 Å². The van der Waals surface area contributed by atoms with Crippen LogP contribution < -0.4 is 0 Å². The summed E-state index contributed by atoms with van der Waals surface area (Å²) >= 11 is 2.78. The summed E-state index contributed by atoms with van der Waals surface area (Å²) in [5, 5.41) is -0.174. The van der Waals surface area contributed by atoms with Crippen LogP contribution in [-0.4, -0.2) is 13.7 Å². The van der Waals surface area contributed by atoms with Crippen molar-refractivity contribution in [3.8, 4) is 0 Å². The molecule has 0 radical (unpaired) electrons. The molecule has 0 aliphatic heterocycles. The van der Waals surface area contributed by atoms with Gasteiger partial charge in [-0.05, 0) is 12.8 Å². The zero-order valence-electron chi connectivity index (χ0n) is 8.42. The van der Waals surface area contributed by atoms with Crippen LogP contribution in [0.25, 0.3) is 0 Å². The van der Waals surface area contributed by atoms with Crippen LogP contribution in [0.1, 0.15) is 52.4 Å². The summed E-state index contributed by atoms with van der Waals surface area (Å²) in [6, 6.07) is 0. The smallest absolute Gasteiger partial charge is 0.212 e. The van der Waals surface area contributed by atoms with E-state index in [0.717, 1.165) is 38.5 Å². The van der Waals surface area contributed by atoms with Crippen molar-refractivity contribution >= 4 is 23.1 Å². The molecule has 0 spiro atoms. The number of rotatable bonds is 7. The molecule has 0 N–H and O–H groups in total. The van der Waals surface area contributed by atoms with E-state index >= 15 is 0 Å². The van der Waals surface area contributed by atoms with Gasteiger partial charge in [0.2, 0.25) is 8.27 Å². The third-order valence-corrected chi connectivity index (χ3v) is 5.01. The highest BCUT2D eigenvalue weighted by molar-refractivity contribution is 9.47. The third kappa shape index (κ3) is 6.49. The van der Waals surface area contributed by atoms with Gasteiger partial charge in [0.1, 0.15) is 0 Å². The highest BCUT2D eigenvalue weighted by Gasteiger charge is 2.20. The van der Waals surface area contributed by atoms with E-state index < -0.39 is 8.27 Å². The molecule has 0 aliphatic rings. The molecular formula is C9H19BrO2S. The largest absolute Gasteiger partial charge is 0.217 e. The van der Waals surface area contributed by atoms with Crippen LogP contribution in [0.5, 0.6) is 0 Å². The molecule has 2 nitrogen and oxygen atoms in total. The first-order valence-electron chi connectivity index (χ1n) is 4.95. The van der Waals surface area contributed by atoms with Crippen molar-refractivity contribution < 1.29 is 8.42 Å². The van der Waals surface area contributed by atoms with Crippen molar-refractivity contribution in [1.82, 2.24) is 0 Å². The molecule has 0 fully saturated rings. The molecule has 80 valence electrons. The topological polar surface area (TPSA) is 34.1 Å². The van der Waals surface area contributed by atoms with Crippen molar-refractivity contribution in [3.05, 3.63) is 0 Å². The van der Waals surface area contributed by atoms with E-state index in [-0.39, 0.29) is 5.25 Å². The number of halogens is 1. The molecule has 0 atom stereocenters. The molecule has 0 bridgehead atoms. The Kier molecular flexibility index (Phi) is 7.05. The molecule has 0 amide bonds. The number of hydrogen-bond acceptors (Lipinski definition) is 2. The SMILES string of the molecule is CCCCC(CCCC)S(=O)(=O)Br. The predicted octanol–water partition coefficient (Wildman–Crippen LogP) is 3.46. The lowest BCUT2D eigenvalue weighted by Gasteiger charge is -2.12. The molecule has 0 aliphatic carbocycles. The van der Waals surface area contributed by atoms with Crippen LogP contribution in [0, 0.1) is 0 Å². The molecule has 0 rings (SSSR count). The second-order valence-electron chi connectivity index (χ2n) is 3.38. The summed E-state index contributed by atoms with van der Waals surface area (Å²) in [6.45, 7) is 4.16. The molecule has 0 heterocycles. The minimum Gasteiger partial charge on any atom is -0.217 e. The maximum absolute atomic E-state index is 11.3. The van der Waals surface area contributed by atoms with E-state index in [1.807, 2.05) is 0 Å². The lowest BCUT2D eigenvalue weighted by Crippen LogP contribution is -2.15. The summed E-state index contributed by atoms with van der Waals surface area (Å²) in [7, 11) is -3.00. The highest BCUT2D eigenvalue weighted by Crippen LogP contribution is 2.21. The lowest BCUT2D eigenvalue weighted by molar-refractivity contribution is 0.554. The lowest BCUT2D eigenvalue weighted by atomic mass is 10.1. The van der Waals surface area contributed by atoms with E-state index in [2.05, 4.69) is 28.7 Å². The van der Waals surface area contributed by atoms with Crippen LogP contribution >= 0.6 is 14.8 Å². The fourth-order valence-corrected chi connectivity index (χ4v) is 3.31. The Bertz CT molecular complexity index is 204. The third-order valence-electron chi connectivity index (χ3n) is 2.16. The van der Waals surface area contributed by atoms with Crippen molar-refractivity contribution in [2.45, 2.75) is 57.6 Å². The first-order valence-corrected chi connectivity index (χ1v) is 8.34. The van der Waals surface area contributed by atoms with Gasteiger partial charge in [-0.3, -0.25) is 0 Å². The Morgan fingerprint density at radius 2 is 1.46 bits per heavy atom. The van der Waals surface area contributed by atoms with Gasteiger partial charge in [-0.25, -0.2) is 8.42 Å². The van der Waals surface area contributed by atoms with Gasteiger partial charge in [0.25, 0.3) is 0 Å². The number of unbranched alkanes of at least 4 members (excludes halogenated alkanes) is 2. The van der Waals surface area contributed by atoms with Gasteiger partial charge >= 0.3 is 0 Å². The molecule has 0 aromatic heterocycles. The van der Waals surface area contributed by atoms with E-state index in [0.29, 0.717) is 0 Å². The van der Waals surface area contributed by atoms with E-state index in [1.165, 1.54) is 0 Å². The molecule has 0 saturated carbocycles. The first kappa shape index (κ1) is 13.4. The molecule has 0 aromatic carbocycles. The monoisotopic (exact) mass is 270 g/mol. The summed E-state index contributed by atoms with van der Waals surface area (Å²) in [6.07, 6.45) is 5.71. The molecule has 0 saturated heterocycles. The summed E-state index contributed by atoms with van der Waals surface area (Å²) in [5.74, 6) is 0. The molecule has 13 heavy (non-hydrogen) atoms. The zero-order valence-corrected chi connectivity index (χ0v) is 10.8. The fraction of sp³-hybridized carbons (Fsp3) is 1.00. The van der Waals surface area contributed by atoms with Crippen LogP contribution in [0.3, 0.4) is 0 Å². The van der Waals surface area contributed by atoms with Crippen molar-refractivity contribution in [3.63, 3.8) is 0 Å². The molecule has 4 heteroatoms. The van der Waals surface area contributed by atoms with Gasteiger partial charge < -0.3 is 0 Å². The normalized spacial score (nSPS) is 12.3. The van der Waals surface area contributed by atoms with Crippen molar-refractivity contribution in [1.29, 1.82) is 0 Å². The molecule has 0 aromatic rings. The molecular weight excluding hydrogens is 252 g/mol. The van der Waals surface area contributed by atoms with Gasteiger partial charge in [-0.1, -0.05) is 39.5 Å². The standard InChI is InChI=1S/C9H19BrO2S/c1-3-5-7-9(8-6-4-2)13(10,11)12/h9H,3-8H2,1-2H3. The van der Waals surface area contributed by atoms with Crippen LogP contribution in [-0.2, 0) is 8.27 Å². The Hall–Kier alpha value is 0.430. The van der Waals surface area contributed by atoms with Crippen molar-refractivity contribution in [2.75, 3.05) is 0 Å². The Labute approximate surface area is 89.2 Å². The summed E-state index contributed by atoms with van der Waals surface area (Å²) in [5.41, 5.74) is 0. The van der Waals surface area contributed by atoms with Gasteiger partial charge in [0, 0.05) is 0 Å². The Morgan fingerprint density at radius 1 is 1.08 bits per heavy atom. The zero-order chi connectivity index (χ0) is 10.3. The second-order valence-corrected chi connectivity index (χ2v) is 7.71. The molecule has 0 unspecified atom stereocenters. The second kappa shape index (κ2) is 6.82. The minimum absolute atomic E-state index is 0.174.